The van der Waals surface area contributed by atoms with Crippen molar-refractivity contribution in [3.63, 3.8) is 0 Å². The van der Waals surface area contributed by atoms with Crippen LogP contribution in [0.5, 0.6) is 0 Å². The van der Waals surface area contributed by atoms with E-state index in [1.165, 1.54) is 64.5 Å². The lowest BCUT2D eigenvalue weighted by atomic mass is 9.80. The summed E-state index contributed by atoms with van der Waals surface area (Å²) in [5.41, 5.74) is 0. The third kappa shape index (κ3) is 3.72. The molecule has 0 aromatic rings. The Bertz CT molecular complexity index is 269. The van der Waals surface area contributed by atoms with Crippen LogP contribution >= 0.6 is 0 Å². The van der Waals surface area contributed by atoms with Crippen LogP contribution in [0.3, 0.4) is 0 Å². The third-order valence-electron chi connectivity index (χ3n) is 5.72. The van der Waals surface area contributed by atoms with Gasteiger partial charge in [0, 0.05) is 25.2 Å². The lowest BCUT2D eigenvalue weighted by molar-refractivity contribution is 0.0896. The monoisotopic (exact) mass is 264 g/mol. The predicted octanol–water partition coefficient (Wildman–Crippen LogP) is 3.28. The fraction of sp³-hybridized carbons (Fsp3) is 1.00. The van der Waals surface area contributed by atoms with E-state index in [-0.39, 0.29) is 0 Å². The van der Waals surface area contributed by atoms with E-state index < -0.39 is 0 Å². The van der Waals surface area contributed by atoms with Gasteiger partial charge in [-0.2, -0.15) is 0 Å². The average Bonchev–Trinajstić information content (AvgIpc) is 3.32. The maximum absolute atomic E-state index is 3.62. The molecule has 0 spiro atoms. The molecule has 19 heavy (non-hydrogen) atoms. The summed E-state index contributed by atoms with van der Waals surface area (Å²) in [5.74, 6) is 3.06. The lowest BCUT2D eigenvalue weighted by Gasteiger charge is -2.43. The highest BCUT2D eigenvalue weighted by Crippen LogP contribution is 2.38. The second-order valence-electron chi connectivity index (χ2n) is 7.39. The Morgan fingerprint density at radius 3 is 1.95 bits per heavy atom. The van der Waals surface area contributed by atoms with Gasteiger partial charge in [-0.1, -0.05) is 13.3 Å². The van der Waals surface area contributed by atoms with Gasteiger partial charge in [0.2, 0.25) is 0 Å². The summed E-state index contributed by atoms with van der Waals surface area (Å²) in [4.78, 5) is 2.90. The zero-order valence-electron chi connectivity index (χ0n) is 12.9. The van der Waals surface area contributed by atoms with E-state index >= 15 is 0 Å². The van der Waals surface area contributed by atoms with E-state index in [1.807, 2.05) is 0 Å². The zero-order valence-corrected chi connectivity index (χ0v) is 12.9. The molecule has 3 aliphatic carbocycles. The molecule has 2 nitrogen and oxygen atoms in total. The van der Waals surface area contributed by atoms with Gasteiger partial charge in [0.15, 0.2) is 0 Å². The van der Waals surface area contributed by atoms with Crippen LogP contribution in [0, 0.1) is 17.8 Å². The zero-order chi connectivity index (χ0) is 13.2. The number of hydrogen-bond acceptors (Lipinski definition) is 2. The van der Waals surface area contributed by atoms with Gasteiger partial charge in [0.1, 0.15) is 0 Å². The minimum atomic E-state index is 0.750. The molecule has 3 aliphatic rings. The maximum Gasteiger partial charge on any atom is 0.0252 e. The predicted molar refractivity (Wildman–Crippen MR) is 81.3 cm³/mol. The summed E-state index contributed by atoms with van der Waals surface area (Å²) in [6.45, 7) is 5.18. The molecule has 0 radical (unpaired) electrons. The Hall–Kier alpha value is -0.0800. The van der Waals surface area contributed by atoms with Crippen LogP contribution in [-0.2, 0) is 0 Å². The van der Waals surface area contributed by atoms with Crippen LogP contribution in [0.1, 0.15) is 58.3 Å². The van der Waals surface area contributed by atoms with Gasteiger partial charge in [-0.15, -0.1) is 0 Å². The second-order valence-corrected chi connectivity index (χ2v) is 7.39. The van der Waals surface area contributed by atoms with Crippen LogP contribution in [0.15, 0.2) is 0 Å². The van der Waals surface area contributed by atoms with E-state index in [1.54, 1.807) is 0 Å². The number of nitrogens with one attached hydrogen (secondary N) is 1. The third-order valence-corrected chi connectivity index (χ3v) is 5.72. The van der Waals surface area contributed by atoms with Crippen molar-refractivity contribution in [1.82, 2.24) is 10.2 Å². The Morgan fingerprint density at radius 1 is 0.895 bits per heavy atom. The molecule has 0 aliphatic heterocycles. The van der Waals surface area contributed by atoms with E-state index in [4.69, 9.17) is 0 Å². The molecular weight excluding hydrogens is 232 g/mol. The molecule has 3 fully saturated rings. The summed E-state index contributed by atoms with van der Waals surface area (Å²) in [7, 11) is 2.18. The van der Waals surface area contributed by atoms with Crippen molar-refractivity contribution in [2.24, 2.45) is 17.8 Å². The van der Waals surface area contributed by atoms with Gasteiger partial charge < -0.3 is 5.32 Å². The molecule has 110 valence electrons. The summed E-state index contributed by atoms with van der Waals surface area (Å²) < 4.78 is 0. The van der Waals surface area contributed by atoms with Crippen molar-refractivity contribution in [2.75, 3.05) is 20.1 Å². The highest BCUT2D eigenvalue weighted by atomic mass is 15.2. The van der Waals surface area contributed by atoms with Crippen molar-refractivity contribution in [3.05, 3.63) is 0 Å². The van der Waals surface area contributed by atoms with Gasteiger partial charge in [0.25, 0.3) is 0 Å². The molecule has 0 saturated heterocycles. The lowest BCUT2D eigenvalue weighted by Crippen LogP contribution is -2.53. The van der Waals surface area contributed by atoms with Crippen molar-refractivity contribution in [3.8, 4) is 0 Å². The molecule has 0 amide bonds. The molecule has 1 N–H and O–H groups in total. The summed E-state index contributed by atoms with van der Waals surface area (Å²) in [5, 5.41) is 3.62. The standard InChI is InChI=1S/C17H32N2/c1-3-13-8-9-16(18-2)17(10-13)19(11-14-4-5-14)12-15-6-7-15/h13-18H,3-12H2,1-2H3. The summed E-state index contributed by atoms with van der Waals surface area (Å²) >= 11 is 0. The first-order chi connectivity index (χ1) is 9.30. The van der Waals surface area contributed by atoms with Gasteiger partial charge in [-0.3, -0.25) is 4.90 Å². The van der Waals surface area contributed by atoms with Crippen LogP contribution in [0.4, 0.5) is 0 Å². The highest BCUT2D eigenvalue weighted by Gasteiger charge is 2.37. The fourth-order valence-corrected chi connectivity index (χ4v) is 3.95. The minimum Gasteiger partial charge on any atom is -0.315 e. The quantitative estimate of drug-likeness (QED) is 0.759. The molecule has 0 aromatic carbocycles. The molecule has 3 rings (SSSR count). The maximum atomic E-state index is 3.62. The molecule has 3 saturated carbocycles. The smallest absolute Gasteiger partial charge is 0.0252 e. The minimum absolute atomic E-state index is 0.750. The molecule has 3 unspecified atom stereocenters. The van der Waals surface area contributed by atoms with Crippen LogP contribution in [0.2, 0.25) is 0 Å². The summed E-state index contributed by atoms with van der Waals surface area (Å²) in [6, 6.07) is 1.57. The van der Waals surface area contributed by atoms with Crippen molar-refractivity contribution < 1.29 is 0 Å². The molecule has 2 heteroatoms. The number of nitrogens with zero attached hydrogens (tertiary/aromatic N) is 1. The van der Waals surface area contributed by atoms with Crippen molar-refractivity contribution in [1.29, 1.82) is 0 Å². The summed E-state index contributed by atoms with van der Waals surface area (Å²) in [6.07, 6.45) is 11.6. The Morgan fingerprint density at radius 2 is 1.47 bits per heavy atom. The topological polar surface area (TPSA) is 15.3 Å². The first kappa shape index (κ1) is 13.9. The Labute approximate surface area is 119 Å². The van der Waals surface area contributed by atoms with Crippen LogP contribution in [0.25, 0.3) is 0 Å². The van der Waals surface area contributed by atoms with Crippen molar-refractivity contribution >= 4 is 0 Å². The fourth-order valence-electron chi connectivity index (χ4n) is 3.95. The molecule has 0 heterocycles. The number of hydrogen-bond donors (Lipinski definition) is 1. The van der Waals surface area contributed by atoms with Crippen LogP contribution in [-0.4, -0.2) is 37.1 Å². The number of likely N-dealkylation sites (N-methyl/N-ethyl adjacent to an activating group) is 1. The molecule has 0 bridgehead atoms. The van der Waals surface area contributed by atoms with E-state index in [0.29, 0.717) is 0 Å². The molecule has 3 atom stereocenters. The second kappa shape index (κ2) is 6.13. The largest absolute Gasteiger partial charge is 0.315 e. The Balaban J connectivity index is 1.64. The van der Waals surface area contributed by atoms with Gasteiger partial charge in [-0.25, -0.2) is 0 Å². The normalized spacial score (nSPS) is 35.8. The first-order valence-electron chi connectivity index (χ1n) is 8.71. The molecular formula is C17H32N2. The van der Waals surface area contributed by atoms with Crippen molar-refractivity contribution in [2.45, 2.75) is 70.4 Å². The van der Waals surface area contributed by atoms with Gasteiger partial charge in [-0.05, 0) is 69.7 Å². The Kier molecular flexibility index (Phi) is 4.48. The van der Waals surface area contributed by atoms with Gasteiger partial charge in [0.05, 0.1) is 0 Å². The first-order valence-corrected chi connectivity index (χ1v) is 8.71. The van der Waals surface area contributed by atoms with E-state index in [0.717, 1.165) is 29.8 Å². The number of rotatable bonds is 7. The van der Waals surface area contributed by atoms with E-state index in [9.17, 15) is 0 Å². The average molecular weight is 264 g/mol. The van der Waals surface area contributed by atoms with Crippen LogP contribution < -0.4 is 5.32 Å². The van der Waals surface area contributed by atoms with E-state index in [2.05, 4.69) is 24.2 Å². The molecule has 0 aromatic heterocycles. The van der Waals surface area contributed by atoms with Gasteiger partial charge >= 0.3 is 0 Å². The SMILES string of the molecule is CCC1CCC(NC)C(N(CC2CC2)CC2CC2)C1. The highest BCUT2D eigenvalue weighted by molar-refractivity contribution is 4.94.